The van der Waals surface area contributed by atoms with Crippen molar-refractivity contribution in [2.45, 2.75) is 38.2 Å². The second-order valence-electron chi connectivity index (χ2n) is 9.18. The van der Waals surface area contributed by atoms with E-state index in [2.05, 4.69) is 10.2 Å². The van der Waals surface area contributed by atoms with E-state index < -0.39 is 23.8 Å². The number of carboxylic acid groups (broad SMARTS) is 1. The summed E-state index contributed by atoms with van der Waals surface area (Å²) >= 11 is 0. The molecule has 11 heteroatoms. The highest BCUT2D eigenvalue weighted by molar-refractivity contribution is 5.85. The number of aliphatic carboxylic acids is 1. The van der Waals surface area contributed by atoms with Gasteiger partial charge in [0.2, 0.25) is 0 Å². The number of fused-ring (bicyclic) bond motifs is 1. The Morgan fingerprint density at radius 2 is 1.65 bits per heavy atom. The molecular formula is C26H33Cl2F3N2O4. The lowest BCUT2D eigenvalue weighted by Gasteiger charge is -2.20. The van der Waals surface area contributed by atoms with Gasteiger partial charge in [0.25, 0.3) is 0 Å². The largest absolute Gasteiger partial charge is 0.492 e. The number of nitrogens with zero attached hydrogens (tertiary/aromatic N) is 1. The molecule has 2 aliphatic rings. The molecular weight excluding hydrogens is 532 g/mol. The first-order chi connectivity index (χ1) is 16.7. The van der Waals surface area contributed by atoms with Gasteiger partial charge < -0.3 is 19.9 Å². The number of hydrogen-bond acceptors (Lipinski definition) is 5. The second kappa shape index (κ2) is 13.7. The first-order valence-electron chi connectivity index (χ1n) is 11.9. The van der Waals surface area contributed by atoms with Gasteiger partial charge >= 0.3 is 12.1 Å². The smallest absolute Gasteiger partial charge is 0.416 e. The first kappa shape index (κ1) is 31.2. The van der Waals surface area contributed by atoms with Gasteiger partial charge in [0.05, 0.1) is 5.56 Å². The van der Waals surface area contributed by atoms with Crippen LogP contribution in [0.15, 0.2) is 48.5 Å². The topological polar surface area (TPSA) is 71.0 Å². The van der Waals surface area contributed by atoms with Gasteiger partial charge in [-0.2, -0.15) is 13.2 Å². The predicted molar refractivity (Wildman–Crippen MR) is 139 cm³/mol. The molecule has 0 bridgehead atoms. The van der Waals surface area contributed by atoms with Gasteiger partial charge in [0.15, 0.2) is 6.10 Å². The van der Waals surface area contributed by atoms with Gasteiger partial charge in [-0.1, -0.05) is 24.3 Å². The lowest BCUT2D eigenvalue weighted by Crippen LogP contribution is -2.33. The van der Waals surface area contributed by atoms with Crippen LogP contribution in [0.5, 0.6) is 5.75 Å². The lowest BCUT2D eigenvalue weighted by molar-refractivity contribution is -0.150. The monoisotopic (exact) mass is 564 g/mol. The Labute approximate surface area is 227 Å². The fraction of sp³-hybridized carbons (Fsp3) is 0.500. The summed E-state index contributed by atoms with van der Waals surface area (Å²) in [6.07, 6.45) is -4.83. The van der Waals surface area contributed by atoms with Crippen LogP contribution in [0.4, 0.5) is 13.2 Å². The minimum atomic E-state index is -4.30. The molecule has 4 atom stereocenters. The average Bonchev–Trinajstić information content (AvgIpc) is 3.27. The molecule has 1 heterocycles. The Kier molecular flexibility index (Phi) is 11.5. The van der Waals surface area contributed by atoms with Crippen molar-refractivity contribution in [3.63, 3.8) is 0 Å². The van der Waals surface area contributed by atoms with Crippen LogP contribution in [-0.4, -0.2) is 61.0 Å². The zero-order valence-electron chi connectivity index (χ0n) is 20.4. The molecule has 1 unspecified atom stereocenters. The summed E-state index contributed by atoms with van der Waals surface area (Å²) in [5, 5.41) is 12.7. The third-order valence-electron chi connectivity index (χ3n) is 6.70. The first-order valence-corrected chi connectivity index (χ1v) is 11.9. The standard InChI is InChI=1S/C26H31F3N2O4.2ClH/c1-2-34-23(25(32)33)13-17-5-9-20(10-6-17)35-12-11-30-24-21-15-31(16-22(21)24)14-18-3-7-19(8-4-18)26(27,28)29;;/h3-10,21-24,30H,2,11-16H2,1H3,(H,32,33);2*1H/t21-,22+,23-,24?;;/m0../s1. The van der Waals surface area contributed by atoms with Crippen molar-refractivity contribution < 1.29 is 32.5 Å². The highest BCUT2D eigenvalue weighted by Gasteiger charge is 2.55. The maximum atomic E-state index is 12.7. The quantitative estimate of drug-likeness (QED) is 0.365. The van der Waals surface area contributed by atoms with E-state index >= 15 is 0 Å². The van der Waals surface area contributed by atoms with Crippen LogP contribution < -0.4 is 10.1 Å². The van der Waals surface area contributed by atoms with E-state index in [0.717, 1.165) is 48.6 Å². The molecule has 1 aliphatic heterocycles. The van der Waals surface area contributed by atoms with Crippen LogP contribution in [0.25, 0.3) is 0 Å². The fourth-order valence-electron chi connectivity index (χ4n) is 4.85. The molecule has 4 rings (SSSR count). The number of piperidine rings is 1. The molecule has 1 saturated carbocycles. The van der Waals surface area contributed by atoms with Crippen LogP contribution >= 0.6 is 24.8 Å². The van der Waals surface area contributed by atoms with Gasteiger partial charge in [-0.3, -0.25) is 4.90 Å². The zero-order valence-corrected chi connectivity index (χ0v) is 22.1. The Bertz CT molecular complexity index is 981. The van der Waals surface area contributed by atoms with Crippen molar-refractivity contribution >= 4 is 30.8 Å². The normalized spacial score (nSPS) is 21.4. The van der Waals surface area contributed by atoms with Gasteiger partial charge in [-0.15, -0.1) is 24.8 Å². The number of benzene rings is 2. The van der Waals surface area contributed by atoms with Crippen LogP contribution in [-0.2, 0) is 28.7 Å². The molecule has 1 saturated heterocycles. The molecule has 1 aliphatic carbocycles. The number of carbonyl (C=O) groups is 1. The molecule has 6 nitrogen and oxygen atoms in total. The SMILES string of the molecule is CCO[C@@H](Cc1ccc(OCCNC2[C@H]3CN(Cc4ccc(C(F)(F)F)cc4)C[C@@H]23)cc1)C(=O)O.Cl.Cl. The van der Waals surface area contributed by atoms with E-state index in [4.69, 9.17) is 9.47 Å². The lowest BCUT2D eigenvalue weighted by atomic mass is 10.1. The number of likely N-dealkylation sites (tertiary alicyclic amines) is 1. The summed E-state index contributed by atoms with van der Waals surface area (Å²) < 4.78 is 49.2. The Hall–Kier alpha value is -2.04. The van der Waals surface area contributed by atoms with Gasteiger partial charge in [-0.25, -0.2) is 4.79 Å². The molecule has 2 N–H and O–H groups in total. The molecule has 0 radical (unpaired) electrons. The third kappa shape index (κ3) is 8.48. The third-order valence-corrected chi connectivity index (χ3v) is 6.70. The number of alkyl halides is 3. The summed E-state index contributed by atoms with van der Waals surface area (Å²) in [6.45, 7) is 5.95. The highest BCUT2D eigenvalue weighted by Crippen LogP contribution is 2.45. The number of hydrogen-bond donors (Lipinski definition) is 2. The van der Waals surface area contributed by atoms with E-state index in [0.29, 0.717) is 44.1 Å². The van der Waals surface area contributed by atoms with Crippen LogP contribution in [0.2, 0.25) is 0 Å². The van der Waals surface area contributed by atoms with E-state index in [1.165, 1.54) is 0 Å². The molecule has 206 valence electrons. The number of rotatable bonds is 12. The van der Waals surface area contributed by atoms with E-state index in [1.54, 1.807) is 19.1 Å². The van der Waals surface area contributed by atoms with Crippen molar-refractivity contribution in [1.29, 1.82) is 0 Å². The minimum Gasteiger partial charge on any atom is -0.492 e. The minimum absolute atomic E-state index is 0. The van der Waals surface area contributed by atoms with E-state index in [-0.39, 0.29) is 24.8 Å². The second-order valence-corrected chi connectivity index (χ2v) is 9.18. The number of nitrogens with one attached hydrogen (secondary N) is 1. The predicted octanol–water partition coefficient (Wildman–Crippen LogP) is 4.68. The molecule has 37 heavy (non-hydrogen) atoms. The van der Waals surface area contributed by atoms with Crippen LogP contribution in [0.3, 0.4) is 0 Å². The fourth-order valence-corrected chi connectivity index (χ4v) is 4.85. The van der Waals surface area contributed by atoms with Crippen LogP contribution in [0, 0.1) is 11.8 Å². The Morgan fingerprint density at radius 1 is 1.05 bits per heavy atom. The number of carboxylic acids is 1. The number of halogens is 5. The summed E-state index contributed by atoms with van der Waals surface area (Å²) in [7, 11) is 0. The van der Waals surface area contributed by atoms with Crippen LogP contribution in [0.1, 0.15) is 23.6 Å². The van der Waals surface area contributed by atoms with Crippen molar-refractivity contribution in [1.82, 2.24) is 10.2 Å². The summed E-state index contributed by atoms with van der Waals surface area (Å²) in [5.74, 6) is 0.927. The highest BCUT2D eigenvalue weighted by atomic mass is 35.5. The molecule has 0 spiro atoms. The number of ether oxygens (including phenoxy) is 2. The zero-order chi connectivity index (χ0) is 25.0. The average molecular weight is 565 g/mol. The van der Waals surface area contributed by atoms with Crippen molar-refractivity contribution in [2.24, 2.45) is 11.8 Å². The van der Waals surface area contributed by atoms with E-state index in [9.17, 15) is 23.1 Å². The molecule has 0 aromatic heterocycles. The van der Waals surface area contributed by atoms with Crippen molar-refractivity contribution in [2.75, 3.05) is 32.8 Å². The summed E-state index contributed by atoms with van der Waals surface area (Å²) in [4.78, 5) is 13.5. The van der Waals surface area contributed by atoms with E-state index in [1.807, 2.05) is 24.3 Å². The van der Waals surface area contributed by atoms with Gasteiger partial charge in [-0.05, 0) is 54.2 Å². The molecule has 2 fully saturated rings. The summed E-state index contributed by atoms with van der Waals surface area (Å²) in [5.41, 5.74) is 1.17. The summed E-state index contributed by atoms with van der Waals surface area (Å²) in [6, 6.07) is 13.3. The van der Waals surface area contributed by atoms with Crippen molar-refractivity contribution in [3.05, 3.63) is 65.2 Å². The molecule has 0 amide bonds. The van der Waals surface area contributed by atoms with Gasteiger partial charge in [0.1, 0.15) is 12.4 Å². The maximum absolute atomic E-state index is 12.7. The molecule has 2 aromatic rings. The van der Waals surface area contributed by atoms with Gasteiger partial charge in [0, 0.05) is 45.2 Å². The van der Waals surface area contributed by atoms with Crippen molar-refractivity contribution in [3.8, 4) is 5.75 Å². The Balaban J connectivity index is 0.00000241. The molecule has 2 aromatic carbocycles. The maximum Gasteiger partial charge on any atom is 0.416 e. The Morgan fingerprint density at radius 3 is 2.19 bits per heavy atom.